The molecule has 0 saturated heterocycles. The number of halogens is 1. The summed E-state index contributed by atoms with van der Waals surface area (Å²) in [5, 5.41) is 6.61. The van der Waals surface area contributed by atoms with E-state index >= 15 is 0 Å². The number of nitrogens with one attached hydrogen (secondary N) is 2. The molecule has 0 atom stereocenters. The highest BCUT2D eigenvalue weighted by Crippen LogP contribution is 2.08. The van der Waals surface area contributed by atoms with Gasteiger partial charge in [0.25, 0.3) is 0 Å². The van der Waals surface area contributed by atoms with Gasteiger partial charge in [0, 0.05) is 26.1 Å². The average Bonchev–Trinajstić information content (AvgIpc) is 2.89. The maximum Gasteiger partial charge on any atom is 0.305 e. The van der Waals surface area contributed by atoms with Gasteiger partial charge in [-0.1, -0.05) is 12.2 Å². The molecule has 2 N–H and O–H groups in total. The molecule has 0 aliphatic heterocycles. The van der Waals surface area contributed by atoms with Crippen molar-refractivity contribution in [2.45, 2.75) is 38.1 Å². The first-order valence-electron chi connectivity index (χ1n) is 6.45. The Balaban J connectivity index is 0.00000324. The van der Waals surface area contributed by atoms with Crippen molar-refractivity contribution in [3.05, 3.63) is 12.2 Å². The first-order valence-corrected chi connectivity index (χ1v) is 6.45. The molecule has 6 heteroatoms. The number of esters is 1. The van der Waals surface area contributed by atoms with Crippen LogP contribution in [0, 0.1) is 0 Å². The molecule has 0 aromatic carbocycles. The summed E-state index contributed by atoms with van der Waals surface area (Å²) in [7, 11) is 3.19. The summed E-state index contributed by atoms with van der Waals surface area (Å²) in [5.41, 5.74) is 0. The molecule has 0 radical (unpaired) electrons. The zero-order chi connectivity index (χ0) is 13.2. The predicted octanol–water partition coefficient (Wildman–Crippen LogP) is 1.83. The molecule has 110 valence electrons. The standard InChI is InChI=1S/C13H23N3O2.HI/c1-14-13(16-11-7-3-4-8-11)15-10-6-5-9-12(17)18-2;/h3-4,11H,5-10H2,1-2H3,(H2,14,15,16);1H. The van der Waals surface area contributed by atoms with E-state index in [1.54, 1.807) is 7.05 Å². The number of guanidine groups is 1. The summed E-state index contributed by atoms with van der Waals surface area (Å²) < 4.78 is 4.59. The first-order chi connectivity index (χ1) is 8.76. The third kappa shape index (κ3) is 8.07. The van der Waals surface area contributed by atoms with E-state index in [0.29, 0.717) is 12.5 Å². The summed E-state index contributed by atoms with van der Waals surface area (Å²) in [5.74, 6) is 0.691. The van der Waals surface area contributed by atoms with Gasteiger partial charge in [-0.3, -0.25) is 9.79 Å². The Hall–Kier alpha value is -0.790. The summed E-state index contributed by atoms with van der Waals surface area (Å²) in [6.45, 7) is 0.816. The SMILES string of the molecule is CN=C(NCCCCC(=O)OC)NC1CC=CC1.I. The van der Waals surface area contributed by atoms with Crippen LogP contribution in [0.4, 0.5) is 0 Å². The fourth-order valence-electron chi connectivity index (χ4n) is 1.83. The van der Waals surface area contributed by atoms with Gasteiger partial charge in [-0.15, -0.1) is 24.0 Å². The monoisotopic (exact) mass is 381 g/mol. The van der Waals surface area contributed by atoms with E-state index in [-0.39, 0.29) is 29.9 Å². The van der Waals surface area contributed by atoms with Gasteiger partial charge >= 0.3 is 5.97 Å². The average molecular weight is 381 g/mol. The molecule has 0 heterocycles. The maximum atomic E-state index is 10.9. The van der Waals surface area contributed by atoms with Crippen LogP contribution in [-0.2, 0) is 9.53 Å². The minimum atomic E-state index is -0.144. The summed E-state index contributed by atoms with van der Waals surface area (Å²) in [6.07, 6.45) is 8.73. The van der Waals surface area contributed by atoms with E-state index in [4.69, 9.17) is 0 Å². The Bertz CT molecular complexity index is 311. The number of carbonyl (C=O) groups excluding carboxylic acids is 1. The smallest absolute Gasteiger partial charge is 0.305 e. The Labute approximate surface area is 132 Å². The largest absolute Gasteiger partial charge is 0.469 e. The van der Waals surface area contributed by atoms with E-state index in [9.17, 15) is 4.79 Å². The van der Waals surface area contributed by atoms with Crippen LogP contribution in [-0.4, -0.2) is 38.7 Å². The van der Waals surface area contributed by atoms with E-state index in [1.807, 2.05) is 0 Å². The van der Waals surface area contributed by atoms with Crippen LogP contribution in [0.2, 0.25) is 0 Å². The molecule has 0 amide bonds. The number of ether oxygens (including phenoxy) is 1. The van der Waals surface area contributed by atoms with Crippen LogP contribution in [0.3, 0.4) is 0 Å². The Morgan fingerprint density at radius 3 is 2.63 bits per heavy atom. The van der Waals surface area contributed by atoms with Gasteiger partial charge in [0.15, 0.2) is 5.96 Å². The second kappa shape index (κ2) is 11.1. The number of nitrogens with zero attached hydrogens (tertiary/aromatic N) is 1. The van der Waals surface area contributed by atoms with E-state index in [2.05, 4.69) is 32.5 Å². The van der Waals surface area contributed by atoms with Crippen LogP contribution in [0.15, 0.2) is 17.1 Å². The third-order valence-corrected chi connectivity index (χ3v) is 2.90. The molecule has 0 aromatic heterocycles. The van der Waals surface area contributed by atoms with Crippen molar-refractivity contribution in [3.63, 3.8) is 0 Å². The Kier molecular flexibility index (Phi) is 10.6. The van der Waals surface area contributed by atoms with Gasteiger partial charge in [0.1, 0.15) is 0 Å². The highest BCUT2D eigenvalue weighted by molar-refractivity contribution is 14.0. The predicted molar refractivity (Wildman–Crippen MR) is 87.9 cm³/mol. The normalized spacial score (nSPS) is 14.9. The molecule has 1 rings (SSSR count). The summed E-state index contributed by atoms with van der Waals surface area (Å²) >= 11 is 0. The molecule has 0 unspecified atom stereocenters. The second-order valence-corrected chi connectivity index (χ2v) is 4.32. The zero-order valence-electron chi connectivity index (χ0n) is 11.6. The molecule has 0 aromatic rings. The summed E-state index contributed by atoms with van der Waals surface area (Å²) in [4.78, 5) is 15.1. The molecule has 1 aliphatic rings. The lowest BCUT2D eigenvalue weighted by atomic mass is 10.2. The van der Waals surface area contributed by atoms with Crippen LogP contribution < -0.4 is 10.6 Å². The molecule has 0 bridgehead atoms. The third-order valence-electron chi connectivity index (χ3n) is 2.90. The van der Waals surface area contributed by atoms with E-state index < -0.39 is 0 Å². The Morgan fingerprint density at radius 2 is 2.05 bits per heavy atom. The molecule has 0 fully saturated rings. The second-order valence-electron chi connectivity index (χ2n) is 4.32. The number of carbonyl (C=O) groups is 1. The van der Waals surface area contributed by atoms with E-state index in [0.717, 1.165) is 38.2 Å². The van der Waals surface area contributed by atoms with Crippen LogP contribution in [0.1, 0.15) is 32.1 Å². The molecule has 0 saturated carbocycles. The fraction of sp³-hybridized carbons (Fsp3) is 0.692. The molecular weight excluding hydrogens is 357 g/mol. The number of aliphatic imine (C=N–C) groups is 1. The first kappa shape index (κ1) is 18.2. The molecule has 1 aliphatic carbocycles. The fourth-order valence-corrected chi connectivity index (χ4v) is 1.83. The van der Waals surface area contributed by atoms with Gasteiger partial charge in [-0.25, -0.2) is 0 Å². The zero-order valence-corrected chi connectivity index (χ0v) is 14.0. The van der Waals surface area contributed by atoms with Crippen molar-refractivity contribution >= 4 is 35.9 Å². The van der Waals surface area contributed by atoms with Crippen LogP contribution in [0.25, 0.3) is 0 Å². The maximum absolute atomic E-state index is 10.9. The molecule has 19 heavy (non-hydrogen) atoms. The van der Waals surface area contributed by atoms with Gasteiger partial charge < -0.3 is 15.4 Å². The number of hydrogen-bond acceptors (Lipinski definition) is 3. The van der Waals surface area contributed by atoms with Crippen molar-refractivity contribution in [1.29, 1.82) is 0 Å². The Morgan fingerprint density at radius 1 is 1.37 bits per heavy atom. The number of methoxy groups -OCH3 is 1. The van der Waals surface area contributed by atoms with Gasteiger partial charge in [0.2, 0.25) is 0 Å². The van der Waals surface area contributed by atoms with E-state index in [1.165, 1.54) is 7.11 Å². The van der Waals surface area contributed by atoms with Crippen molar-refractivity contribution in [1.82, 2.24) is 10.6 Å². The van der Waals surface area contributed by atoms with Gasteiger partial charge in [0.05, 0.1) is 7.11 Å². The van der Waals surface area contributed by atoms with Crippen molar-refractivity contribution in [2.75, 3.05) is 20.7 Å². The lowest BCUT2D eigenvalue weighted by Crippen LogP contribution is -2.42. The minimum Gasteiger partial charge on any atom is -0.469 e. The lowest BCUT2D eigenvalue weighted by Gasteiger charge is -2.16. The summed E-state index contributed by atoms with van der Waals surface area (Å²) in [6, 6.07) is 0.464. The molecular formula is C13H24IN3O2. The highest BCUT2D eigenvalue weighted by Gasteiger charge is 2.11. The van der Waals surface area contributed by atoms with Gasteiger partial charge in [-0.05, 0) is 25.7 Å². The molecule has 0 spiro atoms. The molecule has 5 nitrogen and oxygen atoms in total. The van der Waals surface area contributed by atoms with Crippen molar-refractivity contribution < 1.29 is 9.53 Å². The van der Waals surface area contributed by atoms with Gasteiger partial charge in [-0.2, -0.15) is 0 Å². The van der Waals surface area contributed by atoms with Crippen LogP contribution in [0.5, 0.6) is 0 Å². The van der Waals surface area contributed by atoms with Crippen LogP contribution >= 0.6 is 24.0 Å². The lowest BCUT2D eigenvalue weighted by molar-refractivity contribution is -0.140. The highest BCUT2D eigenvalue weighted by atomic mass is 127. The number of rotatable bonds is 6. The minimum absolute atomic E-state index is 0. The van der Waals surface area contributed by atoms with Crippen molar-refractivity contribution in [3.8, 4) is 0 Å². The topological polar surface area (TPSA) is 62.7 Å². The number of hydrogen-bond donors (Lipinski definition) is 2. The quantitative estimate of drug-likeness (QED) is 0.184. The van der Waals surface area contributed by atoms with Crippen molar-refractivity contribution in [2.24, 2.45) is 4.99 Å². The number of unbranched alkanes of at least 4 members (excludes halogenated alkanes) is 1.